The molecule has 0 aliphatic heterocycles. The number of alkyl halides is 1. The molecule has 2 rings (SSSR count). The minimum Gasteiger partial charge on any atom is -0.207 e. The van der Waals surface area contributed by atoms with Crippen LogP contribution in [0.5, 0.6) is 0 Å². The lowest BCUT2D eigenvalue weighted by Gasteiger charge is -2.25. The minimum absolute atomic E-state index is 0.357. The molecule has 0 aromatic heterocycles. The van der Waals surface area contributed by atoms with Crippen LogP contribution in [0.3, 0.4) is 0 Å². The van der Waals surface area contributed by atoms with Crippen molar-refractivity contribution in [3.05, 3.63) is 29.3 Å². The van der Waals surface area contributed by atoms with E-state index in [0.717, 1.165) is 24.8 Å². The van der Waals surface area contributed by atoms with Gasteiger partial charge in [0.1, 0.15) is 0 Å². The molecule has 0 amide bonds. The Morgan fingerprint density at radius 1 is 1.26 bits per heavy atom. The van der Waals surface area contributed by atoms with E-state index in [4.69, 9.17) is 11.6 Å². The predicted molar refractivity (Wildman–Crippen MR) is 78.2 cm³/mol. The maximum atomic E-state index is 12.4. The Balaban J connectivity index is 2.25. The molecule has 1 aliphatic rings. The minimum atomic E-state index is -3.47. The summed E-state index contributed by atoms with van der Waals surface area (Å²) in [5.41, 5.74) is 1.91. The summed E-state index contributed by atoms with van der Waals surface area (Å²) in [6, 6.07) is 5.44. The molecule has 0 atom stereocenters. The van der Waals surface area contributed by atoms with Crippen molar-refractivity contribution in [2.24, 2.45) is 0 Å². The highest BCUT2D eigenvalue weighted by Gasteiger charge is 2.26. The predicted octanol–water partition coefficient (Wildman–Crippen LogP) is 2.86. The fraction of sp³-hybridized carbons (Fsp3) is 0.571. The molecule has 106 valence electrons. The Hall–Kier alpha value is -0.580. The molecule has 19 heavy (non-hydrogen) atoms. The van der Waals surface area contributed by atoms with Crippen LogP contribution in [-0.4, -0.2) is 19.8 Å². The van der Waals surface area contributed by atoms with Crippen molar-refractivity contribution in [3.8, 4) is 0 Å². The number of hydrogen-bond donors (Lipinski definition) is 1. The van der Waals surface area contributed by atoms with Gasteiger partial charge in [0, 0.05) is 11.4 Å². The average Bonchev–Trinajstić information content (AvgIpc) is 2.73. The van der Waals surface area contributed by atoms with E-state index in [9.17, 15) is 8.42 Å². The van der Waals surface area contributed by atoms with Crippen LogP contribution < -0.4 is 4.72 Å². The summed E-state index contributed by atoms with van der Waals surface area (Å²) in [4.78, 5) is 0.357. The molecule has 0 radical (unpaired) electrons. The standard InChI is InChI=1S/C14H20ClNO2S/c1-14(2,8-9-15)16-19(17,18)13-7-6-11-4-3-5-12(11)10-13/h6-7,10,16H,3-5,8-9H2,1-2H3. The Morgan fingerprint density at radius 3 is 2.63 bits per heavy atom. The van der Waals surface area contributed by atoms with Gasteiger partial charge in [0.15, 0.2) is 0 Å². The van der Waals surface area contributed by atoms with Crippen molar-refractivity contribution in [1.82, 2.24) is 4.72 Å². The topological polar surface area (TPSA) is 46.2 Å². The Morgan fingerprint density at radius 2 is 1.95 bits per heavy atom. The van der Waals surface area contributed by atoms with E-state index in [2.05, 4.69) is 4.72 Å². The van der Waals surface area contributed by atoms with Gasteiger partial charge in [0.25, 0.3) is 0 Å². The monoisotopic (exact) mass is 301 g/mol. The summed E-state index contributed by atoms with van der Waals surface area (Å²) >= 11 is 5.70. The van der Waals surface area contributed by atoms with Crippen LogP contribution in [0.1, 0.15) is 37.8 Å². The number of benzene rings is 1. The number of hydrogen-bond acceptors (Lipinski definition) is 2. The first-order valence-electron chi connectivity index (χ1n) is 6.56. The first kappa shape index (κ1) is 14.8. The average molecular weight is 302 g/mol. The summed E-state index contributed by atoms with van der Waals surface area (Å²) in [5, 5.41) is 0. The van der Waals surface area contributed by atoms with Crippen molar-refractivity contribution in [3.63, 3.8) is 0 Å². The summed E-state index contributed by atoms with van der Waals surface area (Å²) in [7, 11) is -3.47. The van der Waals surface area contributed by atoms with Crippen LogP contribution in [0.25, 0.3) is 0 Å². The van der Waals surface area contributed by atoms with Gasteiger partial charge in [-0.3, -0.25) is 0 Å². The smallest absolute Gasteiger partial charge is 0.207 e. The van der Waals surface area contributed by atoms with Crippen LogP contribution in [0.4, 0.5) is 0 Å². The van der Waals surface area contributed by atoms with Gasteiger partial charge in [0.05, 0.1) is 4.90 Å². The highest BCUT2D eigenvalue weighted by Crippen LogP contribution is 2.25. The fourth-order valence-corrected chi connectivity index (χ4v) is 4.39. The largest absolute Gasteiger partial charge is 0.241 e. The number of aryl methyl sites for hydroxylation is 2. The second kappa shape index (κ2) is 5.43. The molecule has 0 bridgehead atoms. The van der Waals surface area contributed by atoms with Crippen LogP contribution >= 0.6 is 11.6 Å². The van der Waals surface area contributed by atoms with Crippen LogP contribution in [0.15, 0.2) is 23.1 Å². The third-order valence-corrected chi connectivity index (χ3v) is 5.40. The second-order valence-electron chi connectivity index (χ2n) is 5.71. The summed E-state index contributed by atoms with van der Waals surface area (Å²) in [5.74, 6) is 0.430. The molecular formula is C14H20ClNO2S. The Kier molecular flexibility index (Phi) is 4.23. The van der Waals surface area contributed by atoms with Crippen molar-refractivity contribution in [1.29, 1.82) is 0 Å². The maximum absolute atomic E-state index is 12.4. The molecule has 1 aromatic carbocycles. The zero-order valence-corrected chi connectivity index (χ0v) is 12.9. The summed E-state index contributed by atoms with van der Waals surface area (Å²) in [6.45, 7) is 3.70. The number of fused-ring (bicyclic) bond motifs is 1. The summed E-state index contributed by atoms with van der Waals surface area (Å²) in [6.07, 6.45) is 3.74. The van der Waals surface area contributed by atoms with E-state index < -0.39 is 15.6 Å². The van der Waals surface area contributed by atoms with Crippen molar-refractivity contribution in [2.45, 2.75) is 50.0 Å². The lowest BCUT2D eigenvalue weighted by atomic mass is 10.0. The maximum Gasteiger partial charge on any atom is 0.241 e. The molecular weight excluding hydrogens is 282 g/mol. The van der Waals surface area contributed by atoms with Crippen LogP contribution in [0, 0.1) is 0 Å². The second-order valence-corrected chi connectivity index (χ2v) is 7.77. The van der Waals surface area contributed by atoms with Crippen LogP contribution in [0.2, 0.25) is 0 Å². The van der Waals surface area contributed by atoms with Crippen molar-refractivity contribution >= 4 is 21.6 Å². The lowest BCUT2D eigenvalue weighted by molar-refractivity contribution is 0.441. The SMILES string of the molecule is CC(C)(CCCl)NS(=O)(=O)c1ccc2c(c1)CCC2. The molecule has 0 spiro atoms. The third-order valence-electron chi connectivity index (χ3n) is 3.51. The van der Waals surface area contributed by atoms with E-state index in [1.165, 1.54) is 5.56 Å². The van der Waals surface area contributed by atoms with Gasteiger partial charge in [0.2, 0.25) is 10.0 Å². The number of rotatable bonds is 5. The molecule has 3 nitrogen and oxygen atoms in total. The molecule has 5 heteroatoms. The van der Waals surface area contributed by atoms with Gasteiger partial charge in [-0.25, -0.2) is 13.1 Å². The van der Waals surface area contributed by atoms with Gasteiger partial charge in [-0.2, -0.15) is 0 Å². The van der Waals surface area contributed by atoms with Crippen LogP contribution in [-0.2, 0) is 22.9 Å². The molecule has 0 fully saturated rings. The van der Waals surface area contributed by atoms with E-state index in [0.29, 0.717) is 17.2 Å². The quantitative estimate of drug-likeness (QED) is 0.850. The molecule has 1 N–H and O–H groups in total. The van der Waals surface area contributed by atoms with Gasteiger partial charge >= 0.3 is 0 Å². The van der Waals surface area contributed by atoms with E-state index in [1.54, 1.807) is 12.1 Å². The highest BCUT2D eigenvalue weighted by molar-refractivity contribution is 7.89. The fourth-order valence-electron chi connectivity index (χ4n) is 2.43. The molecule has 0 saturated carbocycles. The van der Waals surface area contributed by atoms with E-state index in [1.807, 2.05) is 19.9 Å². The van der Waals surface area contributed by atoms with Crippen molar-refractivity contribution < 1.29 is 8.42 Å². The summed E-state index contributed by atoms with van der Waals surface area (Å²) < 4.78 is 27.5. The number of halogens is 1. The Labute approximate surface area is 120 Å². The molecule has 0 heterocycles. The zero-order valence-electron chi connectivity index (χ0n) is 11.4. The van der Waals surface area contributed by atoms with Gasteiger partial charge < -0.3 is 0 Å². The van der Waals surface area contributed by atoms with E-state index in [-0.39, 0.29) is 0 Å². The molecule has 0 unspecified atom stereocenters. The first-order valence-corrected chi connectivity index (χ1v) is 8.58. The van der Waals surface area contributed by atoms with Gasteiger partial charge in [-0.05, 0) is 62.8 Å². The first-order chi connectivity index (χ1) is 8.84. The highest BCUT2D eigenvalue weighted by atomic mass is 35.5. The zero-order chi connectivity index (χ0) is 14.1. The number of sulfonamides is 1. The van der Waals surface area contributed by atoms with Gasteiger partial charge in [-0.1, -0.05) is 6.07 Å². The molecule has 1 aromatic rings. The lowest BCUT2D eigenvalue weighted by Crippen LogP contribution is -2.43. The normalized spacial score (nSPS) is 15.5. The Bertz CT molecular complexity index is 567. The number of nitrogens with one attached hydrogen (secondary N) is 1. The molecule has 0 saturated heterocycles. The van der Waals surface area contributed by atoms with E-state index >= 15 is 0 Å². The molecule has 1 aliphatic carbocycles. The van der Waals surface area contributed by atoms with Gasteiger partial charge in [-0.15, -0.1) is 11.6 Å². The van der Waals surface area contributed by atoms with Crippen molar-refractivity contribution in [2.75, 3.05) is 5.88 Å². The third kappa shape index (κ3) is 3.50.